The molecule has 0 atom stereocenters. The quantitative estimate of drug-likeness (QED) is 0.728. The minimum atomic E-state index is -0.549. The van der Waals surface area contributed by atoms with Crippen molar-refractivity contribution in [1.29, 1.82) is 0 Å². The lowest BCUT2D eigenvalue weighted by atomic mass is 10.2. The number of aromatic nitrogens is 1. The number of nitrogens with one attached hydrogen (secondary N) is 1. The number of carbonyl (C=O) groups is 1. The van der Waals surface area contributed by atoms with E-state index in [0.717, 1.165) is 16.5 Å². The number of ether oxygens (including phenoxy) is 1. The second kappa shape index (κ2) is 8.19. The summed E-state index contributed by atoms with van der Waals surface area (Å²) in [7, 11) is 0. The maximum absolute atomic E-state index is 11.5. The third kappa shape index (κ3) is 4.86. The van der Waals surface area contributed by atoms with Crippen molar-refractivity contribution >= 4 is 22.7 Å². The van der Waals surface area contributed by atoms with Crippen LogP contribution in [0, 0.1) is 23.7 Å². The number of amides is 1. The zero-order valence-corrected chi connectivity index (χ0v) is 13.3. The fourth-order valence-electron chi connectivity index (χ4n) is 2.10. The summed E-state index contributed by atoms with van der Waals surface area (Å²) in [5.74, 6) is 11.0. The van der Waals surface area contributed by atoms with Crippen molar-refractivity contribution in [1.82, 2.24) is 4.98 Å². The monoisotopic (exact) mass is 326 g/mol. The molecule has 0 unspecified atom stereocenters. The van der Waals surface area contributed by atoms with Crippen LogP contribution in [0.4, 0.5) is 10.5 Å². The lowest BCUT2D eigenvalue weighted by Gasteiger charge is -2.03. The molecule has 1 amide bonds. The highest BCUT2D eigenvalue weighted by Gasteiger charge is 2.00. The average molecular weight is 326 g/mol. The standard InChI is InChI=1S/C21H14N2O2/c24-21(23-19-11-4-1-5-12-19)25-14-8-2-3-9-17-15-18-10-6-7-13-20(18)22-16-17/h1,4-7,10-13,15-16H,14H2,(H,23,24). The minimum Gasteiger partial charge on any atom is -0.436 e. The number of fused-ring (bicyclic) bond motifs is 1. The van der Waals surface area contributed by atoms with Gasteiger partial charge in [-0.2, -0.15) is 0 Å². The first-order valence-electron chi connectivity index (χ1n) is 7.64. The number of hydrogen-bond donors (Lipinski definition) is 1. The first-order valence-corrected chi connectivity index (χ1v) is 7.64. The van der Waals surface area contributed by atoms with Crippen molar-refractivity contribution in [3.8, 4) is 23.7 Å². The van der Waals surface area contributed by atoms with Crippen molar-refractivity contribution in [3.05, 3.63) is 72.4 Å². The van der Waals surface area contributed by atoms with Gasteiger partial charge in [-0.25, -0.2) is 4.79 Å². The highest BCUT2D eigenvalue weighted by atomic mass is 16.5. The topological polar surface area (TPSA) is 51.2 Å². The van der Waals surface area contributed by atoms with E-state index >= 15 is 0 Å². The molecular weight excluding hydrogens is 312 g/mol. The number of rotatable bonds is 2. The zero-order chi connectivity index (χ0) is 17.3. The molecule has 3 rings (SSSR count). The molecule has 0 aliphatic heterocycles. The van der Waals surface area contributed by atoms with Crippen molar-refractivity contribution in [3.63, 3.8) is 0 Å². The van der Waals surface area contributed by atoms with Gasteiger partial charge in [0.1, 0.15) is 0 Å². The molecule has 0 saturated heterocycles. The summed E-state index contributed by atoms with van der Waals surface area (Å²) in [6, 6.07) is 18.9. The Labute approximate surface area is 145 Å². The second-order valence-electron chi connectivity index (χ2n) is 5.04. The lowest BCUT2D eigenvalue weighted by Crippen LogP contribution is -2.13. The van der Waals surface area contributed by atoms with Crippen LogP contribution in [-0.4, -0.2) is 17.7 Å². The van der Waals surface area contributed by atoms with Crippen LogP contribution in [0.25, 0.3) is 10.9 Å². The molecule has 0 radical (unpaired) electrons. The Kier molecular flexibility index (Phi) is 5.28. The van der Waals surface area contributed by atoms with E-state index in [9.17, 15) is 4.79 Å². The molecule has 120 valence electrons. The third-order valence-electron chi connectivity index (χ3n) is 3.24. The largest absolute Gasteiger partial charge is 0.436 e. The number of nitrogens with zero attached hydrogens (tertiary/aromatic N) is 1. The molecule has 0 bridgehead atoms. The van der Waals surface area contributed by atoms with E-state index in [0.29, 0.717) is 5.69 Å². The van der Waals surface area contributed by atoms with Crippen LogP contribution in [0.3, 0.4) is 0 Å². The van der Waals surface area contributed by atoms with Gasteiger partial charge in [0.05, 0.1) is 5.52 Å². The number of benzene rings is 2. The van der Waals surface area contributed by atoms with Crippen LogP contribution < -0.4 is 5.32 Å². The molecule has 1 heterocycles. The Balaban J connectivity index is 1.51. The van der Waals surface area contributed by atoms with E-state index in [1.54, 1.807) is 18.3 Å². The summed E-state index contributed by atoms with van der Waals surface area (Å²) >= 11 is 0. The summed E-state index contributed by atoms with van der Waals surface area (Å²) in [5, 5.41) is 3.63. The molecule has 3 aromatic rings. The molecule has 25 heavy (non-hydrogen) atoms. The summed E-state index contributed by atoms with van der Waals surface area (Å²) in [5.41, 5.74) is 2.39. The van der Waals surface area contributed by atoms with Gasteiger partial charge in [-0.05, 0) is 42.0 Å². The molecule has 1 aromatic heterocycles. The Hall–Kier alpha value is -3.76. The van der Waals surface area contributed by atoms with Crippen LogP contribution in [0.1, 0.15) is 5.56 Å². The molecule has 4 nitrogen and oxygen atoms in total. The molecule has 4 heteroatoms. The van der Waals surface area contributed by atoms with E-state index in [2.05, 4.69) is 34.0 Å². The first kappa shape index (κ1) is 16.1. The Morgan fingerprint density at radius 1 is 1.04 bits per heavy atom. The number of anilines is 1. The Morgan fingerprint density at radius 3 is 2.72 bits per heavy atom. The molecule has 0 aliphatic rings. The normalized spacial score (nSPS) is 9.28. The predicted molar refractivity (Wildman–Crippen MR) is 97.8 cm³/mol. The van der Waals surface area contributed by atoms with Crippen LogP contribution in [0.2, 0.25) is 0 Å². The molecule has 0 spiro atoms. The molecule has 0 saturated carbocycles. The summed E-state index contributed by atoms with van der Waals surface area (Å²) < 4.78 is 4.95. The van der Waals surface area contributed by atoms with Gasteiger partial charge in [0, 0.05) is 22.8 Å². The van der Waals surface area contributed by atoms with Crippen LogP contribution in [0.15, 0.2) is 66.9 Å². The highest BCUT2D eigenvalue weighted by Crippen LogP contribution is 2.11. The van der Waals surface area contributed by atoms with Gasteiger partial charge >= 0.3 is 6.09 Å². The van der Waals surface area contributed by atoms with Crippen LogP contribution >= 0.6 is 0 Å². The van der Waals surface area contributed by atoms with E-state index < -0.39 is 6.09 Å². The third-order valence-corrected chi connectivity index (χ3v) is 3.24. The second-order valence-corrected chi connectivity index (χ2v) is 5.04. The van der Waals surface area contributed by atoms with Gasteiger partial charge in [0.15, 0.2) is 6.61 Å². The summed E-state index contributed by atoms with van der Waals surface area (Å²) in [6.07, 6.45) is 1.16. The molecule has 2 aromatic carbocycles. The fourth-order valence-corrected chi connectivity index (χ4v) is 2.10. The molecule has 0 aliphatic carbocycles. The van der Waals surface area contributed by atoms with Crippen LogP contribution in [-0.2, 0) is 4.74 Å². The average Bonchev–Trinajstić information content (AvgIpc) is 2.65. The molecule has 0 fully saturated rings. The fraction of sp³-hybridized carbons (Fsp3) is 0.0476. The number of para-hydroxylation sites is 2. The maximum Gasteiger partial charge on any atom is 0.412 e. The van der Waals surface area contributed by atoms with Gasteiger partial charge in [0.25, 0.3) is 0 Å². The van der Waals surface area contributed by atoms with Crippen LogP contribution in [0.5, 0.6) is 0 Å². The van der Waals surface area contributed by atoms with Gasteiger partial charge in [0.2, 0.25) is 0 Å². The minimum absolute atomic E-state index is 0.0245. The molecule has 1 N–H and O–H groups in total. The van der Waals surface area contributed by atoms with E-state index in [1.807, 2.05) is 48.5 Å². The Morgan fingerprint density at radius 2 is 1.84 bits per heavy atom. The smallest absolute Gasteiger partial charge is 0.412 e. The summed E-state index contributed by atoms with van der Waals surface area (Å²) in [4.78, 5) is 15.9. The van der Waals surface area contributed by atoms with Gasteiger partial charge in [-0.3, -0.25) is 10.3 Å². The van der Waals surface area contributed by atoms with Crippen molar-refractivity contribution < 1.29 is 9.53 Å². The Bertz CT molecular complexity index is 1010. The van der Waals surface area contributed by atoms with Gasteiger partial charge < -0.3 is 4.74 Å². The van der Waals surface area contributed by atoms with Crippen molar-refractivity contribution in [2.24, 2.45) is 0 Å². The van der Waals surface area contributed by atoms with E-state index in [4.69, 9.17) is 4.74 Å². The summed E-state index contributed by atoms with van der Waals surface area (Å²) in [6.45, 7) is -0.0245. The predicted octanol–water partition coefficient (Wildman–Crippen LogP) is 3.84. The number of hydrogen-bond acceptors (Lipinski definition) is 3. The first-order chi connectivity index (χ1) is 12.3. The lowest BCUT2D eigenvalue weighted by molar-refractivity contribution is 0.176. The van der Waals surface area contributed by atoms with E-state index in [-0.39, 0.29) is 6.61 Å². The van der Waals surface area contributed by atoms with Crippen molar-refractivity contribution in [2.45, 2.75) is 0 Å². The highest BCUT2D eigenvalue weighted by molar-refractivity contribution is 5.84. The molecular formula is C21H14N2O2. The zero-order valence-electron chi connectivity index (χ0n) is 13.3. The number of pyridine rings is 1. The van der Waals surface area contributed by atoms with Crippen molar-refractivity contribution in [2.75, 3.05) is 11.9 Å². The van der Waals surface area contributed by atoms with Gasteiger partial charge in [-0.1, -0.05) is 42.3 Å². The SMILES string of the molecule is O=C(Nc1ccccc1)OCC#CC#Cc1cnc2ccccc2c1. The number of carbonyl (C=O) groups excluding carboxylic acids is 1. The maximum atomic E-state index is 11.5. The van der Waals surface area contributed by atoms with E-state index in [1.165, 1.54) is 0 Å². The van der Waals surface area contributed by atoms with Gasteiger partial charge in [-0.15, -0.1) is 0 Å².